The first-order valence-corrected chi connectivity index (χ1v) is 7.59. The highest BCUT2D eigenvalue weighted by Crippen LogP contribution is 2.21. The van der Waals surface area contributed by atoms with E-state index in [1.807, 2.05) is 4.90 Å². The average molecular weight is 340 g/mol. The molecule has 0 saturated carbocycles. The monoisotopic (exact) mass is 339 g/mol. The maximum Gasteiger partial charge on any atom is 0.337 e. The molecule has 2 amide bonds. The number of hydrogen-bond acceptors (Lipinski definition) is 4. The summed E-state index contributed by atoms with van der Waals surface area (Å²) >= 11 is 5.78. The smallest absolute Gasteiger partial charge is 0.337 e. The molecule has 7 nitrogen and oxygen atoms in total. The van der Waals surface area contributed by atoms with Crippen molar-refractivity contribution in [2.24, 2.45) is 11.7 Å². The molecular weight excluding hydrogens is 322 g/mol. The van der Waals surface area contributed by atoms with Crippen LogP contribution >= 0.6 is 11.6 Å². The zero-order chi connectivity index (χ0) is 17.0. The van der Waals surface area contributed by atoms with Crippen molar-refractivity contribution < 1.29 is 19.5 Å². The molecule has 8 heteroatoms. The molecule has 0 aromatic heterocycles. The number of carbonyl (C=O) groups excluding carboxylic acids is 2. The van der Waals surface area contributed by atoms with Crippen molar-refractivity contribution in [2.45, 2.75) is 12.8 Å². The lowest BCUT2D eigenvalue weighted by molar-refractivity contribution is -0.125. The second kappa shape index (κ2) is 7.43. The lowest BCUT2D eigenvalue weighted by atomic mass is 9.97. The number of likely N-dealkylation sites (tertiary alicyclic amines) is 1. The number of nitrogens with one attached hydrogen (secondary N) is 1. The number of aromatic carboxylic acids is 1. The molecule has 1 aromatic rings. The van der Waals surface area contributed by atoms with E-state index >= 15 is 0 Å². The topological polar surface area (TPSA) is 113 Å². The van der Waals surface area contributed by atoms with Gasteiger partial charge in [0, 0.05) is 12.2 Å². The van der Waals surface area contributed by atoms with Gasteiger partial charge in [-0.3, -0.25) is 14.5 Å². The maximum absolute atomic E-state index is 12.1. The number of nitrogens with two attached hydrogens (primary N) is 1. The number of primary amides is 1. The summed E-state index contributed by atoms with van der Waals surface area (Å²) in [5.41, 5.74) is 5.60. The van der Waals surface area contributed by atoms with Crippen LogP contribution < -0.4 is 11.1 Å². The van der Waals surface area contributed by atoms with Crippen molar-refractivity contribution >= 4 is 35.1 Å². The van der Waals surface area contributed by atoms with Crippen LogP contribution in [0.25, 0.3) is 0 Å². The standard InChI is InChI=1S/C15H18ClN3O4/c16-12-4-3-10(6-11(12)15(22)23)18-13(20)8-19-5-1-2-9(7-19)14(17)21/h3-4,6,9H,1-2,5,7-8H2,(H2,17,21)(H,18,20)(H,22,23). The van der Waals surface area contributed by atoms with E-state index in [1.54, 1.807) is 0 Å². The summed E-state index contributed by atoms with van der Waals surface area (Å²) in [5, 5.41) is 11.8. The Labute approximate surface area is 138 Å². The number of carboxylic acids is 1. The third-order valence-electron chi connectivity index (χ3n) is 3.76. The highest BCUT2D eigenvalue weighted by atomic mass is 35.5. The van der Waals surface area contributed by atoms with Gasteiger partial charge >= 0.3 is 5.97 Å². The molecule has 1 unspecified atom stereocenters. The molecule has 1 heterocycles. The van der Waals surface area contributed by atoms with Crippen molar-refractivity contribution in [1.82, 2.24) is 4.90 Å². The molecule has 4 N–H and O–H groups in total. The fourth-order valence-corrected chi connectivity index (χ4v) is 2.80. The van der Waals surface area contributed by atoms with Gasteiger partial charge in [-0.1, -0.05) is 11.6 Å². The second-order valence-electron chi connectivity index (χ2n) is 5.52. The number of carbonyl (C=O) groups is 3. The van der Waals surface area contributed by atoms with Gasteiger partial charge in [-0.05, 0) is 37.6 Å². The quantitative estimate of drug-likeness (QED) is 0.745. The molecule has 0 aliphatic carbocycles. The van der Waals surface area contributed by atoms with Crippen molar-refractivity contribution in [3.8, 4) is 0 Å². The summed E-state index contributed by atoms with van der Waals surface area (Å²) in [4.78, 5) is 36.2. The molecule has 1 aliphatic rings. The van der Waals surface area contributed by atoms with Gasteiger partial charge in [-0.2, -0.15) is 0 Å². The van der Waals surface area contributed by atoms with Crippen molar-refractivity contribution in [3.63, 3.8) is 0 Å². The SMILES string of the molecule is NC(=O)C1CCCN(CC(=O)Nc2ccc(Cl)c(C(=O)O)c2)C1. The highest BCUT2D eigenvalue weighted by Gasteiger charge is 2.25. The Morgan fingerprint density at radius 2 is 2.13 bits per heavy atom. The van der Waals surface area contributed by atoms with Crippen LogP contribution in [0.3, 0.4) is 0 Å². The van der Waals surface area contributed by atoms with E-state index in [9.17, 15) is 14.4 Å². The van der Waals surface area contributed by atoms with Crippen LogP contribution in [0.2, 0.25) is 5.02 Å². The van der Waals surface area contributed by atoms with E-state index in [2.05, 4.69) is 5.32 Å². The van der Waals surface area contributed by atoms with Crippen LogP contribution in [-0.4, -0.2) is 47.4 Å². The predicted molar refractivity (Wildman–Crippen MR) is 85.4 cm³/mol. The largest absolute Gasteiger partial charge is 0.478 e. The lowest BCUT2D eigenvalue weighted by Crippen LogP contribution is -2.44. The van der Waals surface area contributed by atoms with Crippen LogP contribution in [0.5, 0.6) is 0 Å². The van der Waals surface area contributed by atoms with Gasteiger partial charge in [0.15, 0.2) is 0 Å². The first-order chi connectivity index (χ1) is 10.9. The number of amides is 2. The molecule has 0 spiro atoms. The van der Waals surface area contributed by atoms with Gasteiger partial charge in [-0.15, -0.1) is 0 Å². The van der Waals surface area contributed by atoms with Crippen molar-refractivity contribution in [1.29, 1.82) is 0 Å². The van der Waals surface area contributed by atoms with E-state index < -0.39 is 5.97 Å². The van der Waals surface area contributed by atoms with Crippen LogP contribution in [0.15, 0.2) is 18.2 Å². The van der Waals surface area contributed by atoms with Crippen molar-refractivity contribution in [3.05, 3.63) is 28.8 Å². The molecule has 0 radical (unpaired) electrons. The number of benzene rings is 1. The van der Waals surface area contributed by atoms with Gasteiger partial charge in [0.25, 0.3) is 0 Å². The van der Waals surface area contributed by atoms with Crippen LogP contribution in [0, 0.1) is 5.92 Å². The van der Waals surface area contributed by atoms with E-state index in [-0.39, 0.29) is 34.9 Å². The van der Waals surface area contributed by atoms with Gasteiger partial charge < -0.3 is 16.2 Å². The van der Waals surface area contributed by atoms with Gasteiger partial charge in [0.2, 0.25) is 11.8 Å². The second-order valence-corrected chi connectivity index (χ2v) is 5.93. The van der Waals surface area contributed by atoms with Gasteiger partial charge in [0.1, 0.15) is 0 Å². The number of carboxylic acid groups (broad SMARTS) is 1. The third-order valence-corrected chi connectivity index (χ3v) is 4.09. The molecule has 1 aliphatic heterocycles. The molecular formula is C15H18ClN3O4. The number of nitrogens with zero attached hydrogens (tertiary/aromatic N) is 1. The normalized spacial score (nSPS) is 18.4. The number of halogens is 1. The molecule has 124 valence electrons. The van der Waals surface area contributed by atoms with E-state index in [1.165, 1.54) is 18.2 Å². The number of hydrogen-bond donors (Lipinski definition) is 3. The first kappa shape index (κ1) is 17.2. The molecule has 1 atom stereocenters. The minimum Gasteiger partial charge on any atom is -0.478 e. The first-order valence-electron chi connectivity index (χ1n) is 7.21. The summed E-state index contributed by atoms with van der Waals surface area (Å²) in [6.45, 7) is 1.30. The fourth-order valence-electron chi connectivity index (χ4n) is 2.60. The Bertz CT molecular complexity index is 635. The van der Waals surface area contributed by atoms with Crippen LogP contribution in [0.1, 0.15) is 23.2 Å². The average Bonchev–Trinajstić information content (AvgIpc) is 2.49. The van der Waals surface area contributed by atoms with E-state index in [0.717, 1.165) is 19.4 Å². The predicted octanol–water partition coefficient (Wildman–Crippen LogP) is 1.17. The minimum absolute atomic E-state index is 0.0729. The Hall–Kier alpha value is -2.12. The molecule has 2 rings (SSSR count). The maximum atomic E-state index is 12.1. The fraction of sp³-hybridized carbons (Fsp3) is 0.400. The van der Waals surface area contributed by atoms with Gasteiger partial charge in [0.05, 0.1) is 23.0 Å². The number of anilines is 1. The molecule has 0 bridgehead atoms. The molecule has 1 aromatic carbocycles. The highest BCUT2D eigenvalue weighted by molar-refractivity contribution is 6.33. The lowest BCUT2D eigenvalue weighted by Gasteiger charge is -2.30. The Kier molecular flexibility index (Phi) is 5.57. The molecule has 1 saturated heterocycles. The summed E-state index contributed by atoms with van der Waals surface area (Å²) in [6, 6.07) is 4.27. The van der Waals surface area contributed by atoms with E-state index in [0.29, 0.717) is 12.2 Å². The number of rotatable bonds is 5. The molecule has 23 heavy (non-hydrogen) atoms. The minimum atomic E-state index is -1.16. The summed E-state index contributed by atoms with van der Waals surface area (Å²) in [5.74, 6) is -2.02. The summed E-state index contributed by atoms with van der Waals surface area (Å²) in [6.07, 6.45) is 1.55. The van der Waals surface area contributed by atoms with Gasteiger partial charge in [-0.25, -0.2) is 4.79 Å². The zero-order valence-corrected chi connectivity index (χ0v) is 13.2. The molecule has 1 fully saturated rings. The Morgan fingerprint density at radius 3 is 2.78 bits per heavy atom. The summed E-state index contributed by atoms with van der Waals surface area (Å²) in [7, 11) is 0. The van der Waals surface area contributed by atoms with E-state index in [4.69, 9.17) is 22.4 Å². The summed E-state index contributed by atoms with van der Waals surface area (Å²) < 4.78 is 0. The number of piperidine rings is 1. The Morgan fingerprint density at radius 1 is 1.39 bits per heavy atom. The third kappa shape index (κ3) is 4.67. The van der Waals surface area contributed by atoms with Crippen molar-refractivity contribution in [2.75, 3.05) is 25.0 Å². The zero-order valence-electron chi connectivity index (χ0n) is 12.4. The van der Waals surface area contributed by atoms with Crippen LogP contribution in [-0.2, 0) is 9.59 Å². The van der Waals surface area contributed by atoms with Crippen LogP contribution in [0.4, 0.5) is 5.69 Å². The Balaban J connectivity index is 1.96.